The Morgan fingerprint density at radius 2 is 1.86 bits per heavy atom. The normalized spacial score (nSPS) is 18.5. The van der Waals surface area contributed by atoms with E-state index in [4.69, 9.17) is 37.6 Å². The molecule has 304 valence electrons. The molecule has 2 fully saturated rings. The first kappa shape index (κ1) is 41.7. The Morgan fingerprint density at radius 1 is 1.05 bits per heavy atom. The maximum atomic E-state index is 13.1. The van der Waals surface area contributed by atoms with E-state index in [1.807, 2.05) is 50.2 Å². The summed E-state index contributed by atoms with van der Waals surface area (Å²) in [4.78, 5) is 48.4. The lowest BCUT2D eigenvalue weighted by atomic mass is 9.88. The number of amides is 1. The second kappa shape index (κ2) is 18.6. The van der Waals surface area contributed by atoms with E-state index in [0.29, 0.717) is 43.8 Å². The van der Waals surface area contributed by atoms with Crippen LogP contribution in [0.25, 0.3) is 15.6 Å². The van der Waals surface area contributed by atoms with E-state index in [9.17, 15) is 9.59 Å². The van der Waals surface area contributed by atoms with Crippen molar-refractivity contribution in [3.63, 3.8) is 0 Å². The Hall–Kier alpha value is -4.45. The molecule has 58 heavy (non-hydrogen) atoms. The first-order chi connectivity index (χ1) is 28.0. The van der Waals surface area contributed by atoms with Crippen molar-refractivity contribution in [2.75, 3.05) is 62.2 Å². The highest BCUT2D eigenvalue weighted by Crippen LogP contribution is 2.37. The van der Waals surface area contributed by atoms with Gasteiger partial charge in [-0.15, -0.1) is 0 Å². The van der Waals surface area contributed by atoms with Crippen molar-refractivity contribution in [1.82, 2.24) is 19.8 Å². The smallest absolute Gasteiger partial charge is 0.318 e. The molecule has 0 N–H and O–H groups in total. The monoisotopic (exact) mass is 919 g/mol. The molecule has 7 rings (SSSR count). The molecule has 13 heteroatoms. The van der Waals surface area contributed by atoms with Gasteiger partial charge >= 0.3 is 12.0 Å². The molecule has 0 radical (unpaired) electrons. The number of piperazine rings is 1. The van der Waals surface area contributed by atoms with Crippen LogP contribution in [0, 0.1) is 15.6 Å². The zero-order valence-corrected chi connectivity index (χ0v) is 36.3. The summed E-state index contributed by atoms with van der Waals surface area (Å²) >= 11 is 9.05. The lowest BCUT2D eigenvalue weighted by Crippen LogP contribution is -2.56. The molecule has 0 unspecified atom stereocenters. The van der Waals surface area contributed by atoms with Crippen molar-refractivity contribution in [3.05, 3.63) is 110 Å². The molecule has 0 aliphatic carbocycles. The number of benzene rings is 3. The fourth-order valence-electron chi connectivity index (χ4n) is 8.52. The predicted octanol–water partition coefficient (Wildman–Crippen LogP) is 7.97. The number of rotatable bonds is 14. The number of nitrogens with zero attached hydrogens (tertiary/aromatic N) is 7. The highest BCUT2D eigenvalue weighted by molar-refractivity contribution is 14.1. The molecule has 1 amide bonds. The minimum absolute atomic E-state index is 0.158. The molecule has 3 aliphatic rings. The number of fused-ring (bicyclic) bond motifs is 2. The standard InChI is InChI=1S/C45H51ClIN7O4/c1-5-40(55)54-24-23-53(27-35(54)26-48-4)42-36-18-22-52(39-17-8-13-32-12-7-16-37(46)41(32)39)28-38(36)49-44(50-42)58-30-34-15-9-20-51(34)21-10-19-45(2,3)43(56)57-29-31-11-6-14-33(47)25-31/h5-8,11-14,16-17,25,34-35H,1,9-10,15,18-24,26-30H2,2-3H3/t34-,35-/m0/s1/i47+4. The first-order valence-corrected chi connectivity index (χ1v) is 21.6. The van der Waals surface area contributed by atoms with Crippen LogP contribution in [-0.2, 0) is 33.9 Å². The van der Waals surface area contributed by atoms with E-state index >= 15 is 0 Å². The number of hydrogen-bond donors (Lipinski definition) is 0. The van der Waals surface area contributed by atoms with Crippen molar-refractivity contribution in [2.45, 2.75) is 71.2 Å². The van der Waals surface area contributed by atoms with Gasteiger partial charge in [-0.25, -0.2) is 6.57 Å². The highest BCUT2D eigenvalue weighted by Gasteiger charge is 2.36. The molecule has 3 aromatic carbocycles. The maximum Gasteiger partial charge on any atom is 0.318 e. The van der Waals surface area contributed by atoms with Crippen LogP contribution in [0.3, 0.4) is 0 Å². The average Bonchev–Trinajstić information content (AvgIpc) is 3.68. The summed E-state index contributed by atoms with van der Waals surface area (Å²) in [5.41, 5.74) is 3.44. The van der Waals surface area contributed by atoms with Crippen molar-refractivity contribution in [1.29, 1.82) is 0 Å². The van der Waals surface area contributed by atoms with Crippen LogP contribution >= 0.6 is 34.2 Å². The van der Waals surface area contributed by atoms with E-state index in [1.165, 1.54) is 6.08 Å². The van der Waals surface area contributed by atoms with Gasteiger partial charge in [-0.2, -0.15) is 9.97 Å². The van der Waals surface area contributed by atoms with Gasteiger partial charge in [0.2, 0.25) is 12.5 Å². The summed E-state index contributed by atoms with van der Waals surface area (Å²) in [5.74, 6) is 0.480. The summed E-state index contributed by atoms with van der Waals surface area (Å²) in [7, 11) is 0. The minimum Gasteiger partial charge on any atom is -0.462 e. The number of ether oxygens (including phenoxy) is 2. The topological polar surface area (TPSA) is 95.7 Å². The van der Waals surface area contributed by atoms with Gasteiger partial charge < -0.3 is 29.0 Å². The zero-order valence-electron chi connectivity index (χ0n) is 33.3. The van der Waals surface area contributed by atoms with Gasteiger partial charge in [-0.3, -0.25) is 14.5 Å². The summed E-state index contributed by atoms with van der Waals surface area (Å²) in [6.07, 6.45) is 5.71. The van der Waals surface area contributed by atoms with Gasteiger partial charge in [0.25, 0.3) is 0 Å². The fraction of sp³-hybridized carbons (Fsp3) is 0.444. The Morgan fingerprint density at radius 3 is 2.66 bits per heavy atom. The summed E-state index contributed by atoms with van der Waals surface area (Å²) in [6.45, 7) is 20.8. The highest BCUT2D eigenvalue weighted by atomic mass is 131. The Bertz CT molecular complexity index is 2190. The van der Waals surface area contributed by atoms with Gasteiger partial charge in [0.1, 0.15) is 25.1 Å². The number of esters is 1. The van der Waals surface area contributed by atoms with Crippen LogP contribution in [-0.4, -0.2) is 96.1 Å². The summed E-state index contributed by atoms with van der Waals surface area (Å²) < 4.78 is 13.4. The molecule has 4 aromatic rings. The molecule has 11 nitrogen and oxygen atoms in total. The van der Waals surface area contributed by atoms with Crippen LogP contribution in [0.5, 0.6) is 6.01 Å². The first-order valence-electron chi connectivity index (χ1n) is 20.2. The van der Waals surface area contributed by atoms with Gasteiger partial charge in [0.15, 0.2) is 0 Å². The van der Waals surface area contributed by atoms with Crippen LogP contribution in [0.4, 0.5) is 11.5 Å². The summed E-state index contributed by atoms with van der Waals surface area (Å²) in [6, 6.07) is 20.5. The number of aromatic nitrogens is 2. The number of anilines is 2. The molecule has 0 saturated carbocycles. The third-order valence-electron chi connectivity index (χ3n) is 11.7. The molecular weight excluding hydrogens is 869 g/mol. The number of likely N-dealkylation sites (tertiary alicyclic amines) is 1. The van der Waals surface area contributed by atoms with Crippen molar-refractivity contribution in [3.8, 4) is 6.01 Å². The van der Waals surface area contributed by atoms with Gasteiger partial charge in [0.05, 0.1) is 22.7 Å². The molecule has 1 aromatic heterocycles. The number of hydrogen-bond acceptors (Lipinski definition) is 9. The maximum absolute atomic E-state index is 13.1. The van der Waals surface area contributed by atoms with Crippen molar-refractivity contribution in [2.24, 2.45) is 5.41 Å². The summed E-state index contributed by atoms with van der Waals surface area (Å²) in [5, 5.41) is 2.82. The third kappa shape index (κ3) is 9.53. The van der Waals surface area contributed by atoms with Gasteiger partial charge in [-0.05, 0) is 123 Å². The quantitative estimate of drug-likeness (QED) is 0.0541. The van der Waals surface area contributed by atoms with E-state index in [1.54, 1.807) is 4.90 Å². The number of carbonyl (C=O) groups excluding carboxylic acids is 2. The second-order valence-corrected chi connectivity index (χ2v) is 17.7. The van der Waals surface area contributed by atoms with E-state index < -0.39 is 5.41 Å². The molecule has 0 bridgehead atoms. The molecule has 3 aliphatic heterocycles. The largest absolute Gasteiger partial charge is 0.462 e. The van der Waals surface area contributed by atoms with Crippen LogP contribution < -0.4 is 14.5 Å². The van der Waals surface area contributed by atoms with Crippen molar-refractivity contribution >= 4 is 68.3 Å². The molecule has 2 atom stereocenters. The Kier molecular flexibility index (Phi) is 13.4. The van der Waals surface area contributed by atoms with Crippen LogP contribution in [0.1, 0.15) is 56.4 Å². The SMILES string of the molecule is [C-]#[N+]C[C@H]1CN(c2nc(OC[C@@H]3CCCN3CCCC(C)(C)C(=O)OCc3cccc([131I])c3)nc3c2CCN(c2cccc4cccc(Cl)c24)C3)CCN1C(=O)C=C. The molecular formula is C45H51ClIN7O4. The van der Waals surface area contributed by atoms with Crippen LogP contribution in [0.15, 0.2) is 73.3 Å². The minimum atomic E-state index is -0.593. The third-order valence-corrected chi connectivity index (χ3v) is 12.7. The molecule has 2 saturated heterocycles. The van der Waals surface area contributed by atoms with E-state index in [0.717, 1.165) is 94.4 Å². The number of halogens is 2. The second-order valence-electron chi connectivity index (χ2n) is 16.1. The fourth-order valence-corrected chi connectivity index (χ4v) is 9.41. The van der Waals surface area contributed by atoms with E-state index in [-0.39, 0.29) is 37.1 Å². The van der Waals surface area contributed by atoms with E-state index in [2.05, 4.69) is 73.0 Å². The predicted molar refractivity (Wildman–Crippen MR) is 237 cm³/mol. The van der Waals surface area contributed by atoms with Gasteiger partial charge in [0, 0.05) is 52.4 Å². The lowest BCUT2D eigenvalue weighted by molar-refractivity contribution is -0.155. The van der Waals surface area contributed by atoms with Gasteiger partial charge in [-0.1, -0.05) is 54.6 Å². The molecule has 0 spiro atoms. The lowest BCUT2D eigenvalue weighted by Gasteiger charge is -2.41. The average molecular weight is 920 g/mol. The molecule has 4 heterocycles. The Labute approximate surface area is 360 Å². The number of carbonyl (C=O) groups is 2. The Balaban J connectivity index is 1.06. The zero-order chi connectivity index (χ0) is 40.8. The van der Waals surface area contributed by atoms with Crippen molar-refractivity contribution < 1.29 is 19.1 Å². The van der Waals surface area contributed by atoms with Crippen LogP contribution in [0.2, 0.25) is 5.02 Å².